The van der Waals surface area contributed by atoms with Crippen molar-refractivity contribution in [2.75, 3.05) is 9.80 Å². The molecule has 2 heteroatoms. The maximum Gasteiger partial charge on any atom is 0.0462 e. The average molecular weight is 869 g/mol. The fraction of sp³-hybridized carbons (Fsp3) is 0. The number of para-hydroxylation sites is 2. The van der Waals surface area contributed by atoms with Crippen LogP contribution in [0.5, 0.6) is 0 Å². The molecule has 0 unspecified atom stereocenters. The number of hydrogen-bond acceptors (Lipinski definition) is 2. The van der Waals surface area contributed by atoms with Gasteiger partial charge >= 0.3 is 0 Å². The molecule has 0 heterocycles. The third kappa shape index (κ3) is 9.00. The Hall–Kier alpha value is -8.98. The van der Waals surface area contributed by atoms with E-state index in [1.807, 2.05) is 0 Å². The van der Waals surface area contributed by atoms with Crippen LogP contribution in [0.3, 0.4) is 0 Å². The van der Waals surface area contributed by atoms with Gasteiger partial charge in [0.15, 0.2) is 0 Å². The van der Waals surface area contributed by atoms with Gasteiger partial charge in [0.25, 0.3) is 0 Å². The molecule has 0 spiro atoms. The summed E-state index contributed by atoms with van der Waals surface area (Å²) in [4.78, 5) is 4.64. The van der Waals surface area contributed by atoms with Gasteiger partial charge in [-0.1, -0.05) is 218 Å². The molecule has 0 saturated carbocycles. The first-order chi connectivity index (χ1) is 33.7. The van der Waals surface area contributed by atoms with Gasteiger partial charge in [0, 0.05) is 34.1 Å². The van der Waals surface area contributed by atoms with Crippen LogP contribution >= 0.6 is 0 Å². The average Bonchev–Trinajstić information content (AvgIpc) is 3.43. The Bertz CT molecular complexity index is 3330. The van der Waals surface area contributed by atoms with Crippen LogP contribution < -0.4 is 9.80 Å². The first-order valence-electron chi connectivity index (χ1n) is 23.2. The van der Waals surface area contributed by atoms with Crippen molar-refractivity contribution < 1.29 is 0 Å². The molecule has 11 aromatic rings. The lowest BCUT2D eigenvalue weighted by Crippen LogP contribution is -2.10. The molecule has 0 radical (unpaired) electrons. The van der Waals surface area contributed by atoms with Gasteiger partial charge < -0.3 is 9.80 Å². The van der Waals surface area contributed by atoms with E-state index in [0.29, 0.717) is 0 Å². The third-order valence-corrected chi connectivity index (χ3v) is 12.7. The quantitative estimate of drug-likeness (QED) is 0.121. The second kappa shape index (κ2) is 19.2. The van der Waals surface area contributed by atoms with E-state index < -0.39 is 0 Å². The summed E-state index contributed by atoms with van der Waals surface area (Å²) < 4.78 is 0. The molecule has 0 aromatic heterocycles. The van der Waals surface area contributed by atoms with Crippen molar-refractivity contribution >= 4 is 34.1 Å². The van der Waals surface area contributed by atoms with Gasteiger partial charge in [-0.05, 0) is 140 Å². The smallest absolute Gasteiger partial charge is 0.0462 e. The minimum Gasteiger partial charge on any atom is -0.311 e. The van der Waals surface area contributed by atoms with Crippen LogP contribution in [0, 0.1) is 0 Å². The largest absolute Gasteiger partial charge is 0.311 e. The standard InChI is InChI=1S/C66H48N2/c1-5-13-49(14-6-1)51-21-25-53(26-22-51)54-29-31-56(32-30-54)58-35-43-64(44-36-58)68(62-19-11-4-12-20-62)66-47-39-60(40-48-66)59-37-45-65(46-38-59)67(61-17-9-3-10-18-61)63-41-33-57(34-42-63)55-27-23-52(24-28-55)50-15-7-2-8-16-50/h1-48H. The van der Waals surface area contributed by atoms with Crippen molar-refractivity contribution in [2.24, 2.45) is 0 Å². The molecule has 11 rings (SSSR count). The lowest BCUT2D eigenvalue weighted by atomic mass is 9.98. The predicted molar refractivity (Wildman–Crippen MR) is 288 cm³/mol. The van der Waals surface area contributed by atoms with E-state index in [4.69, 9.17) is 0 Å². The Morgan fingerprint density at radius 2 is 0.250 bits per heavy atom. The Balaban J connectivity index is 0.810. The maximum absolute atomic E-state index is 2.32. The predicted octanol–water partition coefficient (Wildman–Crippen LogP) is 18.6. The molecule has 0 aliphatic carbocycles. The number of rotatable bonds is 12. The molecular weight excluding hydrogens is 821 g/mol. The highest BCUT2D eigenvalue weighted by Gasteiger charge is 2.16. The summed E-state index contributed by atoms with van der Waals surface area (Å²) in [5.41, 5.74) is 21.0. The minimum absolute atomic E-state index is 1.10. The third-order valence-electron chi connectivity index (χ3n) is 12.7. The Morgan fingerprint density at radius 1 is 0.118 bits per heavy atom. The molecule has 0 amide bonds. The van der Waals surface area contributed by atoms with Crippen molar-refractivity contribution in [3.8, 4) is 66.8 Å². The van der Waals surface area contributed by atoms with Crippen LogP contribution in [0.25, 0.3) is 66.8 Å². The Kier molecular flexibility index (Phi) is 11.8. The summed E-state index contributed by atoms with van der Waals surface area (Å²) in [6, 6.07) is 104. The molecule has 11 aromatic carbocycles. The van der Waals surface area contributed by atoms with Gasteiger partial charge in [0.1, 0.15) is 0 Å². The van der Waals surface area contributed by atoms with Crippen molar-refractivity contribution in [3.63, 3.8) is 0 Å². The lowest BCUT2D eigenvalue weighted by Gasteiger charge is -2.26. The topological polar surface area (TPSA) is 6.48 Å². The molecule has 0 atom stereocenters. The van der Waals surface area contributed by atoms with Crippen molar-refractivity contribution in [2.45, 2.75) is 0 Å². The summed E-state index contributed by atoms with van der Waals surface area (Å²) in [7, 11) is 0. The maximum atomic E-state index is 2.32. The summed E-state index contributed by atoms with van der Waals surface area (Å²) >= 11 is 0. The molecule has 2 nitrogen and oxygen atoms in total. The zero-order chi connectivity index (χ0) is 45.5. The molecule has 0 bridgehead atoms. The minimum atomic E-state index is 1.10. The van der Waals surface area contributed by atoms with E-state index in [2.05, 4.69) is 301 Å². The van der Waals surface area contributed by atoms with Gasteiger partial charge in [-0.15, -0.1) is 0 Å². The lowest BCUT2D eigenvalue weighted by molar-refractivity contribution is 1.28. The fourth-order valence-electron chi connectivity index (χ4n) is 9.09. The van der Waals surface area contributed by atoms with Gasteiger partial charge in [-0.25, -0.2) is 0 Å². The SMILES string of the molecule is c1ccc(-c2ccc(-c3ccc(-c4ccc(N(c5ccccc5)c5ccc(-c6ccc(N(c7ccccc7)c7ccc(-c8ccc(-c9ccccc9)cc8)cc7)cc6)cc5)cc4)cc3)cc2)cc1. The zero-order valence-electron chi connectivity index (χ0n) is 37.6. The summed E-state index contributed by atoms with van der Waals surface area (Å²) in [6.07, 6.45) is 0. The van der Waals surface area contributed by atoms with E-state index in [1.54, 1.807) is 0 Å². The van der Waals surface area contributed by atoms with Gasteiger partial charge in [-0.3, -0.25) is 0 Å². The monoisotopic (exact) mass is 868 g/mol. The molecule has 0 saturated heterocycles. The summed E-state index contributed by atoms with van der Waals surface area (Å²) in [6.45, 7) is 0. The van der Waals surface area contributed by atoms with E-state index >= 15 is 0 Å². The Morgan fingerprint density at radius 3 is 0.441 bits per heavy atom. The van der Waals surface area contributed by atoms with Crippen LogP contribution in [0.1, 0.15) is 0 Å². The van der Waals surface area contributed by atoms with E-state index in [9.17, 15) is 0 Å². The van der Waals surface area contributed by atoms with Crippen LogP contribution in [0.2, 0.25) is 0 Å². The normalized spacial score (nSPS) is 10.9. The molecule has 68 heavy (non-hydrogen) atoms. The van der Waals surface area contributed by atoms with Gasteiger partial charge in [0.05, 0.1) is 0 Å². The second-order valence-corrected chi connectivity index (χ2v) is 17.0. The van der Waals surface area contributed by atoms with Crippen molar-refractivity contribution in [1.82, 2.24) is 0 Å². The van der Waals surface area contributed by atoms with Crippen LogP contribution in [0.15, 0.2) is 291 Å². The molecular formula is C66H48N2. The summed E-state index contributed by atoms with van der Waals surface area (Å²) in [5, 5.41) is 0. The van der Waals surface area contributed by atoms with Crippen molar-refractivity contribution in [3.05, 3.63) is 291 Å². The number of anilines is 6. The summed E-state index contributed by atoms with van der Waals surface area (Å²) in [5.74, 6) is 0. The molecule has 0 aliphatic rings. The highest BCUT2D eigenvalue weighted by atomic mass is 15.1. The van der Waals surface area contributed by atoms with Gasteiger partial charge in [-0.2, -0.15) is 0 Å². The molecule has 0 N–H and O–H groups in total. The Labute approximate surface area is 400 Å². The van der Waals surface area contributed by atoms with Crippen molar-refractivity contribution in [1.29, 1.82) is 0 Å². The first kappa shape index (κ1) is 41.7. The fourth-order valence-corrected chi connectivity index (χ4v) is 9.09. The zero-order valence-corrected chi connectivity index (χ0v) is 37.6. The highest BCUT2D eigenvalue weighted by Crippen LogP contribution is 2.40. The van der Waals surface area contributed by atoms with Gasteiger partial charge in [0.2, 0.25) is 0 Å². The first-order valence-corrected chi connectivity index (χ1v) is 23.2. The number of nitrogens with zero attached hydrogens (tertiary/aromatic N) is 2. The highest BCUT2D eigenvalue weighted by molar-refractivity contribution is 5.83. The second-order valence-electron chi connectivity index (χ2n) is 17.0. The van der Waals surface area contributed by atoms with E-state index in [0.717, 1.165) is 45.3 Å². The van der Waals surface area contributed by atoms with Crippen LogP contribution in [-0.2, 0) is 0 Å². The number of hydrogen-bond donors (Lipinski definition) is 0. The molecule has 322 valence electrons. The molecule has 0 fully saturated rings. The van der Waals surface area contributed by atoms with E-state index in [1.165, 1.54) is 55.6 Å². The number of benzene rings is 11. The van der Waals surface area contributed by atoms with Crippen LogP contribution in [-0.4, -0.2) is 0 Å². The molecule has 0 aliphatic heterocycles. The van der Waals surface area contributed by atoms with Crippen LogP contribution in [0.4, 0.5) is 34.1 Å². The van der Waals surface area contributed by atoms with E-state index in [-0.39, 0.29) is 0 Å².